The van der Waals surface area contributed by atoms with Gasteiger partial charge in [-0.1, -0.05) is 71.6 Å². The van der Waals surface area contributed by atoms with Gasteiger partial charge in [-0.3, -0.25) is 4.79 Å². The van der Waals surface area contributed by atoms with Crippen molar-refractivity contribution in [2.75, 3.05) is 33.3 Å². The number of carbonyl (C=O) groups is 2. The fraction of sp³-hybridized carbons (Fsp3) is 0.562. The van der Waals surface area contributed by atoms with Crippen molar-refractivity contribution >= 4 is 27.9 Å². The SMILES string of the molecule is COC(=O)N1Cc2cc(Br)ccc2[C@@]2(C[NH2+]C[C@H]2C(=O)N2CC[C@@H](c3ccccc3)C[C@H]2C2CCCCC2)C1.[Cl-]. The van der Waals surface area contributed by atoms with Crippen molar-refractivity contribution in [3.63, 3.8) is 0 Å². The molecule has 1 aliphatic carbocycles. The number of hydrogen-bond acceptors (Lipinski definition) is 3. The summed E-state index contributed by atoms with van der Waals surface area (Å²) in [7, 11) is 1.44. The molecule has 2 aromatic rings. The van der Waals surface area contributed by atoms with Crippen molar-refractivity contribution in [2.24, 2.45) is 11.8 Å². The van der Waals surface area contributed by atoms with Gasteiger partial charge in [-0.2, -0.15) is 0 Å². The fourth-order valence-electron chi connectivity index (χ4n) is 8.27. The highest BCUT2D eigenvalue weighted by molar-refractivity contribution is 9.10. The second-order valence-electron chi connectivity index (χ2n) is 12.2. The molecule has 3 fully saturated rings. The van der Waals surface area contributed by atoms with Crippen LogP contribution in [0.15, 0.2) is 53.0 Å². The lowest BCUT2D eigenvalue weighted by atomic mass is 9.67. The Hall–Kier alpha value is -2.09. The molecule has 6 rings (SSSR count). The van der Waals surface area contributed by atoms with E-state index in [9.17, 15) is 9.59 Å². The number of quaternary nitrogens is 1. The molecule has 4 aliphatic rings. The summed E-state index contributed by atoms with van der Waals surface area (Å²) in [6.07, 6.45) is 8.07. The molecule has 6 nitrogen and oxygen atoms in total. The number of ether oxygens (including phenoxy) is 1. The third-order valence-corrected chi connectivity index (χ3v) is 10.6. The molecule has 2 aromatic carbocycles. The molecule has 3 heterocycles. The van der Waals surface area contributed by atoms with Gasteiger partial charge in [0.05, 0.1) is 25.6 Å². The number of amides is 2. The number of piperidine rings is 1. The normalized spacial score (nSPS) is 28.6. The van der Waals surface area contributed by atoms with Gasteiger partial charge in [0.15, 0.2) is 0 Å². The first-order valence-corrected chi connectivity index (χ1v) is 15.6. The maximum absolute atomic E-state index is 14.8. The Bertz CT molecular complexity index is 1210. The molecule has 2 N–H and O–H groups in total. The van der Waals surface area contributed by atoms with Crippen LogP contribution in [0.4, 0.5) is 4.79 Å². The zero-order chi connectivity index (χ0) is 27.0. The number of benzene rings is 2. The molecule has 2 amide bonds. The van der Waals surface area contributed by atoms with Gasteiger partial charge >= 0.3 is 6.09 Å². The first-order chi connectivity index (χ1) is 19.0. The van der Waals surface area contributed by atoms with Crippen molar-refractivity contribution < 1.29 is 32.0 Å². The van der Waals surface area contributed by atoms with Crippen molar-refractivity contribution in [3.8, 4) is 0 Å². The van der Waals surface area contributed by atoms with Crippen LogP contribution in [-0.2, 0) is 21.5 Å². The number of methoxy groups -OCH3 is 1. The second kappa shape index (κ2) is 12.4. The fourth-order valence-corrected chi connectivity index (χ4v) is 8.68. The Morgan fingerprint density at radius 2 is 1.82 bits per heavy atom. The predicted molar refractivity (Wildman–Crippen MR) is 154 cm³/mol. The highest BCUT2D eigenvalue weighted by Gasteiger charge is 2.57. The molecule has 0 radical (unpaired) electrons. The third kappa shape index (κ3) is 5.41. The smallest absolute Gasteiger partial charge is 0.409 e. The summed E-state index contributed by atoms with van der Waals surface area (Å²) in [5.74, 6) is 1.22. The zero-order valence-electron chi connectivity index (χ0n) is 23.4. The van der Waals surface area contributed by atoms with E-state index in [2.05, 4.69) is 74.7 Å². The number of fused-ring (bicyclic) bond motifs is 2. The van der Waals surface area contributed by atoms with E-state index in [0.29, 0.717) is 36.9 Å². The Morgan fingerprint density at radius 3 is 2.58 bits per heavy atom. The Balaban J connectivity index is 0.00000323. The minimum absolute atomic E-state index is 0. The molecule has 8 heteroatoms. The van der Waals surface area contributed by atoms with Crippen molar-refractivity contribution in [2.45, 2.75) is 68.9 Å². The molecule has 216 valence electrons. The van der Waals surface area contributed by atoms with E-state index in [-0.39, 0.29) is 24.4 Å². The quantitative estimate of drug-likeness (QED) is 0.563. The highest BCUT2D eigenvalue weighted by atomic mass is 79.9. The van der Waals surface area contributed by atoms with Gasteiger partial charge in [0, 0.05) is 30.1 Å². The predicted octanol–water partition coefficient (Wildman–Crippen LogP) is 1.82. The summed E-state index contributed by atoms with van der Waals surface area (Å²) in [6.45, 7) is 3.42. The average Bonchev–Trinajstić information content (AvgIpc) is 3.40. The number of carbonyl (C=O) groups excluding carboxylic acids is 2. The van der Waals surface area contributed by atoms with Crippen LogP contribution in [-0.4, -0.2) is 61.1 Å². The van der Waals surface area contributed by atoms with Crippen LogP contribution >= 0.6 is 15.9 Å². The largest absolute Gasteiger partial charge is 1.00 e. The first-order valence-electron chi connectivity index (χ1n) is 14.8. The molecule has 1 spiro atoms. The average molecular weight is 631 g/mol. The van der Waals surface area contributed by atoms with Crippen LogP contribution in [0, 0.1) is 11.8 Å². The van der Waals surface area contributed by atoms with Gasteiger partial charge in [-0.05, 0) is 66.3 Å². The molecule has 0 unspecified atom stereocenters. The Labute approximate surface area is 252 Å². The van der Waals surface area contributed by atoms with Gasteiger partial charge in [0.1, 0.15) is 5.92 Å². The van der Waals surface area contributed by atoms with E-state index in [4.69, 9.17) is 4.74 Å². The third-order valence-electron chi connectivity index (χ3n) is 10.1. The number of likely N-dealkylation sites (tertiary alicyclic amines) is 1. The summed E-state index contributed by atoms with van der Waals surface area (Å²) >= 11 is 3.63. The second-order valence-corrected chi connectivity index (χ2v) is 13.1. The molecular formula is C32H41BrClN3O3. The van der Waals surface area contributed by atoms with Gasteiger partial charge in [0.2, 0.25) is 5.91 Å². The minimum Gasteiger partial charge on any atom is -1.00 e. The first kappa shape index (κ1) is 29.4. The molecule has 40 heavy (non-hydrogen) atoms. The van der Waals surface area contributed by atoms with E-state index in [1.54, 1.807) is 4.90 Å². The van der Waals surface area contributed by atoms with Crippen LogP contribution in [0.2, 0.25) is 0 Å². The van der Waals surface area contributed by atoms with Gasteiger partial charge in [0.25, 0.3) is 0 Å². The summed E-state index contributed by atoms with van der Waals surface area (Å²) in [6, 6.07) is 17.6. The maximum Gasteiger partial charge on any atom is 0.409 e. The van der Waals surface area contributed by atoms with E-state index < -0.39 is 5.41 Å². The number of halogens is 2. The van der Waals surface area contributed by atoms with Crippen molar-refractivity contribution in [1.29, 1.82) is 0 Å². The summed E-state index contributed by atoms with van der Waals surface area (Å²) < 4.78 is 6.16. The van der Waals surface area contributed by atoms with Crippen LogP contribution < -0.4 is 17.7 Å². The topological polar surface area (TPSA) is 66.5 Å². The van der Waals surface area contributed by atoms with E-state index >= 15 is 0 Å². The van der Waals surface area contributed by atoms with E-state index in [0.717, 1.165) is 42.5 Å². The molecule has 4 atom stereocenters. The van der Waals surface area contributed by atoms with Gasteiger partial charge in [-0.15, -0.1) is 0 Å². The molecule has 0 bridgehead atoms. The standard InChI is InChI=1S/C32H40BrN3O3.ClH/c1-39-31(38)35-19-25-16-26(33)12-13-27(25)32(21-35)20-34-18-28(32)30(37)36-15-14-24(22-8-4-2-5-9-22)17-29(36)23-10-6-3-7-11-23;/h2,4-5,8-9,12-13,16,23-24,28-29,34H,3,6-7,10-11,14-15,17-21H2,1H3;1H/t24-,28+,29+,32-;/m1./s1. The van der Waals surface area contributed by atoms with Crippen LogP contribution in [0.5, 0.6) is 0 Å². The minimum atomic E-state index is -0.410. The lowest BCUT2D eigenvalue weighted by molar-refractivity contribution is -0.640. The van der Waals surface area contributed by atoms with E-state index in [1.165, 1.54) is 50.3 Å². The summed E-state index contributed by atoms with van der Waals surface area (Å²) in [5.41, 5.74) is 3.34. The summed E-state index contributed by atoms with van der Waals surface area (Å²) in [5, 5.41) is 2.29. The van der Waals surface area contributed by atoms with Crippen LogP contribution in [0.25, 0.3) is 0 Å². The number of hydrogen-bond donors (Lipinski definition) is 1. The molecule has 2 saturated heterocycles. The van der Waals surface area contributed by atoms with Crippen molar-refractivity contribution in [3.05, 3.63) is 69.7 Å². The van der Waals surface area contributed by atoms with Gasteiger partial charge < -0.3 is 32.3 Å². The molecule has 1 saturated carbocycles. The Morgan fingerprint density at radius 1 is 1.05 bits per heavy atom. The lowest BCUT2D eigenvalue weighted by Crippen LogP contribution is -3.00. The monoisotopic (exact) mass is 629 g/mol. The molecule has 3 aliphatic heterocycles. The molecular weight excluding hydrogens is 590 g/mol. The Kier molecular flexibility index (Phi) is 9.13. The van der Waals surface area contributed by atoms with Crippen LogP contribution in [0.1, 0.15) is 67.6 Å². The number of nitrogens with two attached hydrogens (primary N) is 1. The number of nitrogens with zero attached hydrogens (tertiary/aromatic N) is 2. The van der Waals surface area contributed by atoms with Crippen molar-refractivity contribution in [1.82, 2.24) is 9.80 Å². The zero-order valence-corrected chi connectivity index (χ0v) is 25.7. The maximum atomic E-state index is 14.8. The lowest BCUT2D eigenvalue weighted by Gasteiger charge is -2.48. The van der Waals surface area contributed by atoms with Gasteiger partial charge in [-0.25, -0.2) is 4.79 Å². The highest BCUT2D eigenvalue weighted by Crippen LogP contribution is 2.45. The van der Waals surface area contributed by atoms with Crippen LogP contribution in [0.3, 0.4) is 0 Å². The summed E-state index contributed by atoms with van der Waals surface area (Å²) in [4.78, 5) is 31.7. The molecule has 0 aromatic heterocycles. The van der Waals surface area contributed by atoms with E-state index in [1.807, 2.05) is 0 Å². The number of rotatable bonds is 3.